The van der Waals surface area contributed by atoms with Crippen molar-refractivity contribution in [3.63, 3.8) is 0 Å². The summed E-state index contributed by atoms with van der Waals surface area (Å²) in [6.07, 6.45) is 0. The summed E-state index contributed by atoms with van der Waals surface area (Å²) in [5, 5.41) is 23.4. The minimum absolute atomic E-state index is 0.159. The number of aromatic hydroxyl groups is 1. The van der Waals surface area contributed by atoms with Gasteiger partial charge in [0.15, 0.2) is 0 Å². The van der Waals surface area contributed by atoms with Crippen LogP contribution in [-0.4, -0.2) is 33.2 Å². The van der Waals surface area contributed by atoms with Gasteiger partial charge in [0.1, 0.15) is 11.3 Å². The van der Waals surface area contributed by atoms with E-state index in [1.54, 1.807) is 31.2 Å². The lowest BCUT2D eigenvalue weighted by atomic mass is 10.2. The Hall–Kier alpha value is -3.00. The van der Waals surface area contributed by atoms with Crippen molar-refractivity contribution in [1.29, 1.82) is 0 Å². The number of phenols is 1. The number of benzene rings is 2. The molecule has 1 unspecified atom stereocenters. The van der Waals surface area contributed by atoms with Gasteiger partial charge < -0.3 is 20.8 Å². The summed E-state index contributed by atoms with van der Waals surface area (Å²) in [4.78, 5) is 35.2. The maximum atomic E-state index is 12.3. The molecule has 8 heteroatoms. The first-order valence-corrected chi connectivity index (χ1v) is 8.55. The molecule has 0 saturated carbocycles. The number of rotatable bonds is 6. The first kappa shape index (κ1) is 19.3. The van der Waals surface area contributed by atoms with E-state index in [0.29, 0.717) is 11.4 Å². The molecule has 26 heavy (non-hydrogen) atoms. The number of amides is 2. The third-order valence-corrected chi connectivity index (χ3v) is 4.46. The topological polar surface area (TPSA) is 116 Å². The molecule has 4 N–H and O–H groups in total. The minimum atomic E-state index is -1.28. The van der Waals surface area contributed by atoms with Crippen molar-refractivity contribution in [3.8, 4) is 5.75 Å². The molecule has 7 nitrogen and oxygen atoms in total. The standard InChI is InChI=1S/C18H18N2O5S/c1-10(26-14-6-3-12(4-7-14)19-11(2)21)17(23)20-13-5-8-16(22)15(9-13)18(24)25/h3-10,22H,1-2H3,(H,19,21)(H,20,23)(H,24,25). The Kier molecular flexibility index (Phi) is 6.24. The average Bonchev–Trinajstić information content (AvgIpc) is 2.57. The van der Waals surface area contributed by atoms with Crippen LogP contribution in [0.4, 0.5) is 11.4 Å². The number of carboxylic acids is 1. The molecule has 136 valence electrons. The van der Waals surface area contributed by atoms with Gasteiger partial charge in [-0.05, 0) is 49.4 Å². The summed E-state index contributed by atoms with van der Waals surface area (Å²) in [7, 11) is 0. The Morgan fingerprint density at radius 2 is 1.62 bits per heavy atom. The Labute approximate surface area is 154 Å². The van der Waals surface area contributed by atoms with Crippen LogP contribution in [-0.2, 0) is 9.59 Å². The maximum Gasteiger partial charge on any atom is 0.339 e. The van der Waals surface area contributed by atoms with Gasteiger partial charge in [-0.25, -0.2) is 4.79 Å². The second-order valence-corrected chi connectivity index (χ2v) is 6.91. The van der Waals surface area contributed by atoms with Gasteiger partial charge in [0, 0.05) is 23.2 Å². The number of carbonyl (C=O) groups is 3. The monoisotopic (exact) mass is 374 g/mol. The molecular weight excluding hydrogens is 356 g/mol. The fourth-order valence-corrected chi connectivity index (χ4v) is 2.97. The zero-order chi connectivity index (χ0) is 19.3. The molecule has 2 rings (SSSR count). The van der Waals surface area contributed by atoms with Crippen molar-refractivity contribution < 1.29 is 24.6 Å². The first-order valence-electron chi connectivity index (χ1n) is 7.67. The molecule has 2 aromatic carbocycles. The zero-order valence-corrected chi connectivity index (χ0v) is 15.0. The molecule has 0 bridgehead atoms. The summed E-state index contributed by atoms with van der Waals surface area (Å²) in [5.41, 5.74) is 0.680. The molecule has 1 atom stereocenters. The van der Waals surface area contributed by atoms with E-state index in [-0.39, 0.29) is 23.1 Å². The Balaban J connectivity index is 2.00. The summed E-state index contributed by atoms with van der Waals surface area (Å²) < 4.78 is 0. The van der Waals surface area contributed by atoms with Crippen LogP contribution in [0.25, 0.3) is 0 Å². The third-order valence-electron chi connectivity index (χ3n) is 3.35. The van der Waals surface area contributed by atoms with Crippen LogP contribution in [0, 0.1) is 0 Å². The highest BCUT2D eigenvalue weighted by atomic mass is 32.2. The van der Waals surface area contributed by atoms with Crippen molar-refractivity contribution in [2.75, 3.05) is 10.6 Å². The number of thioether (sulfide) groups is 1. The number of carbonyl (C=O) groups excluding carboxylic acids is 2. The number of carboxylic acid groups (broad SMARTS) is 1. The molecule has 0 heterocycles. The Bertz CT molecular complexity index is 836. The number of nitrogens with one attached hydrogen (secondary N) is 2. The average molecular weight is 374 g/mol. The Morgan fingerprint density at radius 1 is 1.00 bits per heavy atom. The van der Waals surface area contributed by atoms with Crippen molar-refractivity contribution in [3.05, 3.63) is 48.0 Å². The van der Waals surface area contributed by atoms with E-state index < -0.39 is 11.2 Å². The molecular formula is C18H18N2O5S. The molecule has 0 spiro atoms. The molecule has 0 aliphatic heterocycles. The lowest BCUT2D eigenvalue weighted by Gasteiger charge is -2.13. The van der Waals surface area contributed by atoms with Gasteiger partial charge in [0.25, 0.3) is 0 Å². The largest absolute Gasteiger partial charge is 0.507 e. The normalized spacial score (nSPS) is 11.5. The number of hydrogen-bond donors (Lipinski definition) is 4. The van der Waals surface area contributed by atoms with Gasteiger partial charge in [-0.2, -0.15) is 0 Å². The quantitative estimate of drug-likeness (QED) is 0.456. The minimum Gasteiger partial charge on any atom is -0.507 e. The smallest absolute Gasteiger partial charge is 0.339 e. The van der Waals surface area contributed by atoms with Gasteiger partial charge >= 0.3 is 5.97 Å². The molecule has 2 amide bonds. The van der Waals surface area contributed by atoms with Crippen molar-refractivity contribution in [2.24, 2.45) is 0 Å². The summed E-state index contributed by atoms with van der Waals surface area (Å²) in [6, 6.07) is 10.9. The van der Waals surface area contributed by atoms with Crippen LogP contribution in [0.1, 0.15) is 24.2 Å². The van der Waals surface area contributed by atoms with Crippen LogP contribution >= 0.6 is 11.8 Å². The van der Waals surface area contributed by atoms with Crippen LogP contribution in [0.5, 0.6) is 5.75 Å². The van der Waals surface area contributed by atoms with E-state index in [4.69, 9.17) is 5.11 Å². The van der Waals surface area contributed by atoms with Crippen molar-refractivity contribution in [1.82, 2.24) is 0 Å². The predicted molar refractivity (Wildman–Crippen MR) is 99.8 cm³/mol. The van der Waals surface area contributed by atoms with Crippen molar-refractivity contribution >= 4 is 40.9 Å². The molecule has 0 aliphatic carbocycles. The van der Waals surface area contributed by atoms with Crippen LogP contribution in [0.2, 0.25) is 0 Å². The van der Waals surface area contributed by atoms with E-state index in [0.717, 1.165) is 4.90 Å². The van der Waals surface area contributed by atoms with E-state index in [9.17, 15) is 19.5 Å². The SMILES string of the molecule is CC(=O)Nc1ccc(SC(C)C(=O)Nc2ccc(O)c(C(=O)O)c2)cc1. The highest BCUT2D eigenvalue weighted by Crippen LogP contribution is 2.26. The fourth-order valence-electron chi connectivity index (χ4n) is 2.11. The van der Waals surface area contributed by atoms with E-state index >= 15 is 0 Å². The summed E-state index contributed by atoms with van der Waals surface area (Å²) in [5.74, 6) is -2.10. The fraction of sp³-hybridized carbons (Fsp3) is 0.167. The predicted octanol–water partition coefficient (Wildman–Crippen LogP) is 3.17. The maximum absolute atomic E-state index is 12.3. The van der Waals surface area contributed by atoms with Gasteiger partial charge in [-0.3, -0.25) is 9.59 Å². The van der Waals surface area contributed by atoms with E-state index in [1.165, 1.54) is 36.9 Å². The van der Waals surface area contributed by atoms with Gasteiger partial charge in [0.2, 0.25) is 11.8 Å². The number of aromatic carboxylic acids is 1. The zero-order valence-electron chi connectivity index (χ0n) is 14.1. The van der Waals surface area contributed by atoms with Gasteiger partial charge in [-0.1, -0.05) is 0 Å². The van der Waals surface area contributed by atoms with Crippen LogP contribution in [0.3, 0.4) is 0 Å². The summed E-state index contributed by atoms with van der Waals surface area (Å²) in [6.45, 7) is 3.15. The van der Waals surface area contributed by atoms with E-state index in [1.807, 2.05) is 0 Å². The first-order chi connectivity index (χ1) is 12.3. The molecule has 0 saturated heterocycles. The summed E-state index contributed by atoms with van der Waals surface area (Å²) >= 11 is 1.32. The van der Waals surface area contributed by atoms with Crippen molar-refractivity contribution in [2.45, 2.75) is 24.0 Å². The lowest BCUT2D eigenvalue weighted by Crippen LogP contribution is -2.22. The highest BCUT2D eigenvalue weighted by molar-refractivity contribution is 8.00. The van der Waals surface area contributed by atoms with Gasteiger partial charge in [-0.15, -0.1) is 11.8 Å². The molecule has 0 radical (unpaired) electrons. The lowest BCUT2D eigenvalue weighted by molar-refractivity contribution is -0.115. The molecule has 0 fully saturated rings. The number of anilines is 2. The second kappa shape index (κ2) is 8.39. The Morgan fingerprint density at radius 3 is 2.19 bits per heavy atom. The van der Waals surface area contributed by atoms with Crippen LogP contribution < -0.4 is 10.6 Å². The van der Waals surface area contributed by atoms with Gasteiger partial charge in [0.05, 0.1) is 5.25 Å². The molecule has 2 aromatic rings. The highest BCUT2D eigenvalue weighted by Gasteiger charge is 2.16. The van der Waals surface area contributed by atoms with Crippen LogP contribution in [0.15, 0.2) is 47.4 Å². The second-order valence-electron chi connectivity index (χ2n) is 5.49. The molecule has 0 aliphatic rings. The third kappa shape index (κ3) is 5.25. The number of hydrogen-bond acceptors (Lipinski definition) is 5. The van der Waals surface area contributed by atoms with E-state index in [2.05, 4.69) is 10.6 Å². The molecule has 0 aromatic heterocycles.